The van der Waals surface area contributed by atoms with E-state index in [1.54, 1.807) is 11.3 Å². The highest BCUT2D eigenvalue weighted by Gasteiger charge is 2.36. The Kier molecular flexibility index (Phi) is 4.46. The SMILES string of the molecule is CC1CN(S(=O)(=O)c2cccnc2C#N)CC(c2ccsc2)O1. The Bertz CT molecular complexity index is 828. The summed E-state index contributed by atoms with van der Waals surface area (Å²) in [5.74, 6) is 0. The Morgan fingerprint density at radius 2 is 2.26 bits per heavy atom. The molecule has 3 heterocycles. The summed E-state index contributed by atoms with van der Waals surface area (Å²) < 4.78 is 33.1. The second-order valence-corrected chi connectivity index (χ2v) is 7.96. The number of aromatic nitrogens is 1. The smallest absolute Gasteiger partial charge is 0.246 e. The second kappa shape index (κ2) is 6.37. The summed E-state index contributed by atoms with van der Waals surface area (Å²) in [4.78, 5) is 3.79. The van der Waals surface area contributed by atoms with Crippen LogP contribution in [0.1, 0.15) is 24.3 Å². The van der Waals surface area contributed by atoms with Crippen molar-refractivity contribution in [2.45, 2.75) is 24.0 Å². The van der Waals surface area contributed by atoms with Gasteiger partial charge in [0.15, 0.2) is 5.69 Å². The van der Waals surface area contributed by atoms with Crippen molar-refractivity contribution >= 4 is 21.4 Å². The van der Waals surface area contributed by atoms with Gasteiger partial charge < -0.3 is 4.74 Å². The number of hydrogen-bond acceptors (Lipinski definition) is 6. The molecule has 1 aliphatic rings. The standard InChI is InChI=1S/C15H15N3O3S2/c1-11-8-18(9-14(21-11)12-4-6-22-10-12)23(19,20)15-3-2-5-17-13(15)7-16/h2-6,10-11,14H,8-9H2,1H3. The van der Waals surface area contributed by atoms with E-state index in [1.807, 2.05) is 29.8 Å². The molecule has 1 saturated heterocycles. The Morgan fingerprint density at radius 1 is 1.43 bits per heavy atom. The summed E-state index contributed by atoms with van der Waals surface area (Å²) >= 11 is 1.54. The molecule has 2 aromatic heterocycles. The van der Waals surface area contributed by atoms with Crippen molar-refractivity contribution < 1.29 is 13.2 Å². The van der Waals surface area contributed by atoms with Crippen molar-refractivity contribution in [1.29, 1.82) is 5.26 Å². The van der Waals surface area contributed by atoms with Gasteiger partial charge in [0, 0.05) is 19.3 Å². The Morgan fingerprint density at radius 3 is 2.96 bits per heavy atom. The molecule has 2 atom stereocenters. The molecule has 23 heavy (non-hydrogen) atoms. The van der Waals surface area contributed by atoms with Crippen LogP contribution in [0.25, 0.3) is 0 Å². The van der Waals surface area contributed by atoms with E-state index < -0.39 is 10.0 Å². The van der Waals surface area contributed by atoms with Crippen LogP contribution in [-0.4, -0.2) is 36.9 Å². The lowest BCUT2D eigenvalue weighted by Crippen LogP contribution is -2.46. The minimum Gasteiger partial charge on any atom is -0.368 e. The van der Waals surface area contributed by atoms with Crippen LogP contribution < -0.4 is 0 Å². The number of morpholine rings is 1. The monoisotopic (exact) mass is 349 g/mol. The molecular weight excluding hydrogens is 334 g/mol. The molecule has 2 aromatic rings. The fourth-order valence-corrected chi connectivity index (χ4v) is 4.88. The van der Waals surface area contributed by atoms with Gasteiger partial charge in [0.05, 0.1) is 12.2 Å². The molecule has 0 N–H and O–H groups in total. The minimum absolute atomic E-state index is 0.0549. The van der Waals surface area contributed by atoms with Crippen molar-refractivity contribution in [1.82, 2.24) is 9.29 Å². The highest BCUT2D eigenvalue weighted by Crippen LogP contribution is 2.30. The number of ether oxygens (including phenoxy) is 1. The molecule has 3 rings (SSSR count). The molecular formula is C15H15N3O3S2. The van der Waals surface area contributed by atoms with Gasteiger partial charge in [0.25, 0.3) is 0 Å². The molecule has 0 aliphatic carbocycles. The normalized spacial score (nSPS) is 22.6. The molecule has 0 amide bonds. The first-order valence-corrected chi connectivity index (χ1v) is 9.43. The molecule has 0 saturated carbocycles. The van der Waals surface area contributed by atoms with Crippen LogP contribution in [0.15, 0.2) is 40.1 Å². The molecule has 0 spiro atoms. The molecule has 6 nitrogen and oxygen atoms in total. The lowest BCUT2D eigenvalue weighted by Gasteiger charge is -2.35. The number of pyridine rings is 1. The van der Waals surface area contributed by atoms with E-state index >= 15 is 0 Å². The summed E-state index contributed by atoms with van der Waals surface area (Å²) in [6.07, 6.45) is 0.876. The lowest BCUT2D eigenvalue weighted by atomic mass is 10.1. The van der Waals surface area contributed by atoms with Crippen LogP contribution in [0.4, 0.5) is 0 Å². The molecule has 0 bridgehead atoms. The van der Waals surface area contributed by atoms with E-state index in [9.17, 15) is 8.42 Å². The third kappa shape index (κ3) is 3.14. The van der Waals surface area contributed by atoms with Crippen LogP contribution in [0, 0.1) is 11.3 Å². The lowest BCUT2D eigenvalue weighted by molar-refractivity contribution is -0.0555. The van der Waals surface area contributed by atoms with E-state index in [2.05, 4.69) is 4.98 Å². The zero-order chi connectivity index (χ0) is 16.4. The Hall–Kier alpha value is -1.79. The van der Waals surface area contributed by atoms with Gasteiger partial charge in [0.2, 0.25) is 10.0 Å². The van der Waals surface area contributed by atoms with E-state index in [-0.39, 0.29) is 35.9 Å². The predicted octanol–water partition coefficient (Wildman–Crippen LogP) is 2.17. The second-order valence-electron chi connectivity index (χ2n) is 5.28. The maximum Gasteiger partial charge on any atom is 0.246 e. The van der Waals surface area contributed by atoms with Crippen LogP contribution >= 0.6 is 11.3 Å². The van der Waals surface area contributed by atoms with E-state index in [0.29, 0.717) is 0 Å². The third-order valence-corrected chi connectivity index (χ3v) is 6.20. The summed E-state index contributed by atoms with van der Waals surface area (Å²) in [7, 11) is -3.79. The van der Waals surface area contributed by atoms with Crippen molar-refractivity contribution in [3.05, 3.63) is 46.4 Å². The molecule has 2 unspecified atom stereocenters. The predicted molar refractivity (Wildman–Crippen MR) is 85.3 cm³/mol. The molecule has 1 fully saturated rings. The van der Waals surface area contributed by atoms with Gasteiger partial charge in [-0.15, -0.1) is 0 Å². The number of nitrogens with zero attached hydrogens (tertiary/aromatic N) is 3. The topological polar surface area (TPSA) is 83.3 Å². The van der Waals surface area contributed by atoms with E-state index in [0.717, 1.165) is 5.56 Å². The van der Waals surface area contributed by atoms with Crippen LogP contribution in [0.2, 0.25) is 0 Å². The quantitative estimate of drug-likeness (QED) is 0.848. The van der Waals surface area contributed by atoms with Gasteiger partial charge in [-0.1, -0.05) is 0 Å². The highest BCUT2D eigenvalue weighted by atomic mass is 32.2. The first kappa shape index (κ1) is 16.1. The average Bonchev–Trinajstić information content (AvgIpc) is 3.08. The summed E-state index contributed by atoms with van der Waals surface area (Å²) in [6.45, 7) is 2.32. The van der Waals surface area contributed by atoms with Gasteiger partial charge in [-0.3, -0.25) is 0 Å². The maximum absolute atomic E-state index is 12.9. The fourth-order valence-electron chi connectivity index (χ4n) is 2.57. The van der Waals surface area contributed by atoms with Gasteiger partial charge in [-0.25, -0.2) is 13.4 Å². The van der Waals surface area contributed by atoms with E-state index in [1.165, 1.54) is 22.6 Å². The zero-order valence-corrected chi connectivity index (χ0v) is 14.0. The number of sulfonamides is 1. The molecule has 0 aromatic carbocycles. The van der Waals surface area contributed by atoms with Crippen LogP contribution in [0.3, 0.4) is 0 Å². The molecule has 0 radical (unpaired) electrons. The zero-order valence-electron chi connectivity index (χ0n) is 12.4. The summed E-state index contributed by atoms with van der Waals surface area (Å²) in [5, 5.41) is 13.0. The Labute approximate surface area is 139 Å². The average molecular weight is 349 g/mol. The maximum atomic E-state index is 12.9. The van der Waals surface area contributed by atoms with Crippen molar-refractivity contribution in [2.24, 2.45) is 0 Å². The first-order valence-electron chi connectivity index (χ1n) is 7.05. The highest BCUT2D eigenvalue weighted by molar-refractivity contribution is 7.89. The fraction of sp³-hybridized carbons (Fsp3) is 0.333. The van der Waals surface area contributed by atoms with Crippen molar-refractivity contribution in [3.8, 4) is 6.07 Å². The molecule has 120 valence electrons. The van der Waals surface area contributed by atoms with Gasteiger partial charge in [0.1, 0.15) is 11.0 Å². The summed E-state index contributed by atoms with van der Waals surface area (Å²) in [6, 6.07) is 6.72. The Balaban J connectivity index is 1.95. The summed E-state index contributed by atoms with van der Waals surface area (Å²) in [5.41, 5.74) is 0.882. The first-order chi connectivity index (χ1) is 11.0. The van der Waals surface area contributed by atoms with Gasteiger partial charge >= 0.3 is 0 Å². The van der Waals surface area contributed by atoms with E-state index in [4.69, 9.17) is 10.00 Å². The number of rotatable bonds is 3. The largest absolute Gasteiger partial charge is 0.368 e. The van der Waals surface area contributed by atoms with Crippen molar-refractivity contribution in [2.75, 3.05) is 13.1 Å². The van der Waals surface area contributed by atoms with Crippen LogP contribution in [-0.2, 0) is 14.8 Å². The van der Waals surface area contributed by atoms with Gasteiger partial charge in [-0.2, -0.15) is 20.9 Å². The number of thiophene rings is 1. The molecule has 1 aliphatic heterocycles. The van der Waals surface area contributed by atoms with Crippen LogP contribution in [0.5, 0.6) is 0 Å². The number of nitriles is 1. The molecule has 8 heteroatoms. The number of hydrogen-bond donors (Lipinski definition) is 0. The minimum atomic E-state index is -3.79. The van der Waals surface area contributed by atoms with Gasteiger partial charge in [-0.05, 0) is 41.4 Å². The third-order valence-electron chi connectivity index (χ3n) is 3.64. The van der Waals surface area contributed by atoms with Crippen molar-refractivity contribution in [3.63, 3.8) is 0 Å².